The number of alkyl halides is 2. The average molecular weight is 421 g/mol. The predicted molar refractivity (Wildman–Crippen MR) is 114 cm³/mol. The van der Waals surface area contributed by atoms with E-state index in [9.17, 15) is 18.7 Å². The highest BCUT2D eigenvalue weighted by Crippen LogP contribution is 2.47. The topological polar surface area (TPSA) is 52.6 Å². The smallest absolute Gasteiger partial charge is 0.257 e. The molecular weight excluding hydrogens is 386 g/mol. The molecule has 1 aliphatic heterocycles. The van der Waals surface area contributed by atoms with Crippen LogP contribution in [0.25, 0.3) is 0 Å². The van der Waals surface area contributed by atoms with Crippen LogP contribution >= 0.6 is 0 Å². The Morgan fingerprint density at radius 2 is 1.90 bits per heavy atom. The second-order valence-electron chi connectivity index (χ2n) is 9.09. The van der Waals surface area contributed by atoms with Crippen molar-refractivity contribution in [1.82, 2.24) is 10.2 Å². The van der Waals surface area contributed by atoms with Gasteiger partial charge in [-0.05, 0) is 45.1 Å². The fourth-order valence-electron chi connectivity index (χ4n) is 4.68. The molecule has 0 radical (unpaired) electrons. The molecule has 0 unspecified atom stereocenters. The predicted octanol–water partition coefficient (Wildman–Crippen LogP) is 4.25. The maximum absolute atomic E-state index is 13.9. The van der Waals surface area contributed by atoms with Crippen LogP contribution < -0.4 is 5.32 Å². The quantitative estimate of drug-likeness (QED) is 0.649. The van der Waals surface area contributed by atoms with Crippen LogP contribution in [-0.2, 0) is 10.4 Å². The molecule has 1 amide bonds. The minimum Gasteiger partial charge on any atom is -0.375 e. The lowest BCUT2D eigenvalue weighted by molar-refractivity contribution is -0.149. The Bertz CT molecular complexity index is 741. The van der Waals surface area contributed by atoms with Crippen molar-refractivity contribution in [1.29, 1.82) is 0 Å². The zero-order chi connectivity index (χ0) is 21.8. The minimum atomic E-state index is -2.83. The lowest BCUT2D eigenvalue weighted by Gasteiger charge is -2.37. The van der Waals surface area contributed by atoms with Gasteiger partial charge in [-0.25, -0.2) is 8.78 Å². The summed E-state index contributed by atoms with van der Waals surface area (Å²) in [7, 11) is 0. The van der Waals surface area contributed by atoms with Gasteiger partial charge in [0, 0.05) is 44.4 Å². The van der Waals surface area contributed by atoms with Crippen LogP contribution in [0.1, 0.15) is 57.9 Å². The van der Waals surface area contributed by atoms with Crippen molar-refractivity contribution in [2.45, 2.75) is 69.9 Å². The lowest BCUT2D eigenvalue weighted by atomic mass is 9.79. The van der Waals surface area contributed by atoms with Gasteiger partial charge in [-0.1, -0.05) is 42.0 Å². The zero-order valence-electron chi connectivity index (χ0n) is 18.0. The fraction of sp³-hybridized carbons (Fsp3) is 0.625. The van der Waals surface area contributed by atoms with Crippen LogP contribution in [0, 0.1) is 5.92 Å². The number of nitrogens with zero attached hydrogens (tertiary/aromatic N) is 1. The third-order valence-electron chi connectivity index (χ3n) is 6.48. The zero-order valence-corrected chi connectivity index (χ0v) is 18.0. The number of allylic oxidation sites excluding steroid dienone is 1. The number of aliphatic hydroxyl groups is 1. The van der Waals surface area contributed by atoms with Crippen molar-refractivity contribution in [2.24, 2.45) is 5.92 Å². The summed E-state index contributed by atoms with van der Waals surface area (Å²) in [4.78, 5) is 15.6. The Hall–Kier alpha value is -1.79. The van der Waals surface area contributed by atoms with Crippen molar-refractivity contribution in [3.8, 4) is 0 Å². The molecule has 0 bridgehead atoms. The van der Waals surface area contributed by atoms with Crippen LogP contribution in [0.3, 0.4) is 0 Å². The first-order valence-electron chi connectivity index (χ1n) is 11.0. The molecule has 0 aromatic heterocycles. The summed E-state index contributed by atoms with van der Waals surface area (Å²) in [6.45, 7) is 6.95. The monoisotopic (exact) mass is 420 g/mol. The van der Waals surface area contributed by atoms with E-state index in [1.165, 1.54) is 5.57 Å². The van der Waals surface area contributed by atoms with E-state index in [2.05, 4.69) is 30.1 Å². The molecule has 1 aromatic carbocycles. The summed E-state index contributed by atoms with van der Waals surface area (Å²) in [6.07, 6.45) is 4.22. The van der Waals surface area contributed by atoms with E-state index in [0.717, 1.165) is 38.9 Å². The average Bonchev–Trinajstić information content (AvgIpc) is 3.09. The van der Waals surface area contributed by atoms with Gasteiger partial charge in [0.25, 0.3) is 5.91 Å². The molecule has 2 aliphatic rings. The van der Waals surface area contributed by atoms with Gasteiger partial charge in [0.15, 0.2) is 5.60 Å². The molecule has 1 saturated carbocycles. The van der Waals surface area contributed by atoms with Crippen LogP contribution in [0.4, 0.5) is 8.78 Å². The first-order valence-corrected chi connectivity index (χ1v) is 11.0. The second-order valence-corrected chi connectivity index (χ2v) is 9.09. The number of likely N-dealkylation sites (tertiary alicyclic amines) is 1. The lowest BCUT2D eigenvalue weighted by Crippen LogP contribution is -2.54. The van der Waals surface area contributed by atoms with E-state index in [1.807, 2.05) is 0 Å². The minimum absolute atomic E-state index is 0.0469. The molecule has 4 nitrogen and oxygen atoms in total. The molecule has 2 N–H and O–H groups in total. The number of halogens is 2. The summed E-state index contributed by atoms with van der Waals surface area (Å²) in [6, 6.07) is 8.51. The Morgan fingerprint density at radius 3 is 2.47 bits per heavy atom. The van der Waals surface area contributed by atoms with Crippen LogP contribution in [0.2, 0.25) is 0 Å². The molecule has 1 heterocycles. The van der Waals surface area contributed by atoms with Crippen molar-refractivity contribution in [2.75, 3.05) is 19.6 Å². The van der Waals surface area contributed by atoms with E-state index >= 15 is 0 Å². The summed E-state index contributed by atoms with van der Waals surface area (Å²) < 4.78 is 27.8. The normalized spacial score (nSPS) is 24.2. The van der Waals surface area contributed by atoms with Crippen molar-refractivity contribution < 1.29 is 18.7 Å². The molecule has 1 aromatic rings. The van der Waals surface area contributed by atoms with Crippen molar-refractivity contribution in [3.05, 3.63) is 47.5 Å². The summed E-state index contributed by atoms with van der Waals surface area (Å²) in [5.74, 6) is -4.16. The van der Waals surface area contributed by atoms with Gasteiger partial charge in [0.2, 0.25) is 5.92 Å². The van der Waals surface area contributed by atoms with E-state index in [1.54, 1.807) is 30.3 Å². The molecule has 2 fully saturated rings. The molecule has 166 valence electrons. The van der Waals surface area contributed by atoms with Crippen molar-refractivity contribution >= 4 is 5.91 Å². The van der Waals surface area contributed by atoms with Gasteiger partial charge < -0.3 is 15.3 Å². The highest BCUT2D eigenvalue weighted by Gasteiger charge is 2.53. The Kier molecular flexibility index (Phi) is 7.30. The molecule has 6 heteroatoms. The maximum Gasteiger partial charge on any atom is 0.257 e. The maximum atomic E-state index is 13.9. The molecule has 2 atom stereocenters. The highest BCUT2D eigenvalue weighted by molar-refractivity contribution is 5.87. The molecule has 1 aliphatic carbocycles. The standard InChI is InChI=1S/C24H34F2N2O2/c1-18(2)7-6-14-28-15-11-21(12-16-28)27-22(29)24(30,19-8-4-3-5-9-19)20-10-13-23(25,26)17-20/h3-5,7-9,20-21,30H,6,10-17H2,1-2H3,(H,27,29)/t20-,24-/m0/s1. The number of amides is 1. The highest BCUT2D eigenvalue weighted by atomic mass is 19.3. The van der Waals surface area contributed by atoms with Crippen LogP contribution in [-0.4, -0.2) is 47.5 Å². The van der Waals surface area contributed by atoms with Crippen LogP contribution in [0.15, 0.2) is 42.0 Å². The molecule has 30 heavy (non-hydrogen) atoms. The summed E-state index contributed by atoms with van der Waals surface area (Å²) >= 11 is 0. The molecule has 1 saturated heterocycles. The second kappa shape index (κ2) is 9.56. The molecule has 3 rings (SSSR count). The van der Waals surface area contributed by atoms with Gasteiger partial charge in [0.05, 0.1) is 0 Å². The summed E-state index contributed by atoms with van der Waals surface area (Å²) in [5.41, 5.74) is -0.221. The SMILES string of the molecule is CC(C)=CCCN1CCC(NC(=O)[C@](O)(c2ccccc2)[C@H]2CCC(F)(F)C2)CC1. The first kappa shape index (κ1) is 22.9. The third kappa shape index (κ3) is 5.46. The first-order chi connectivity index (χ1) is 14.2. The Morgan fingerprint density at radius 1 is 1.23 bits per heavy atom. The van der Waals surface area contributed by atoms with Gasteiger partial charge in [-0.3, -0.25) is 4.79 Å². The number of benzene rings is 1. The van der Waals surface area contributed by atoms with Crippen LogP contribution in [0.5, 0.6) is 0 Å². The number of carbonyl (C=O) groups is 1. The van der Waals surface area contributed by atoms with E-state index in [4.69, 9.17) is 0 Å². The summed E-state index contributed by atoms with van der Waals surface area (Å²) in [5, 5.41) is 14.5. The third-order valence-corrected chi connectivity index (χ3v) is 6.48. The van der Waals surface area contributed by atoms with E-state index in [0.29, 0.717) is 5.56 Å². The number of hydrogen-bond donors (Lipinski definition) is 2. The number of hydrogen-bond acceptors (Lipinski definition) is 3. The van der Waals surface area contributed by atoms with Crippen molar-refractivity contribution in [3.63, 3.8) is 0 Å². The molecular formula is C24H34F2N2O2. The van der Waals surface area contributed by atoms with Gasteiger partial charge in [-0.2, -0.15) is 0 Å². The number of nitrogens with one attached hydrogen (secondary N) is 1. The van der Waals surface area contributed by atoms with Gasteiger partial charge in [0.1, 0.15) is 0 Å². The fourth-order valence-corrected chi connectivity index (χ4v) is 4.68. The van der Waals surface area contributed by atoms with E-state index < -0.39 is 29.8 Å². The van der Waals surface area contributed by atoms with Gasteiger partial charge in [-0.15, -0.1) is 0 Å². The van der Waals surface area contributed by atoms with E-state index in [-0.39, 0.29) is 18.9 Å². The Labute approximate surface area is 178 Å². The largest absolute Gasteiger partial charge is 0.375 e. The number of carbonyl (C=O) groups excluding carboxylic acids is 1. The number of rotatable bonds is 7. The van der Waals surface area contributed by atoms with Gasteiger partial charge >= 0.3 is 0 Å². The number of piperidine rings is 1. The molecule has 0 spiro atoms. The Balaban J connectivity index is 1.64.